The van der Waals surface area contributed by atoms with Gasteiger partial charge in [0, 0.05) is 6.07 Å². The summed E-state index contributed by atoms with van der Waals surface area (Å²) in [7, 11) is 0. The number of hydrogen-bond acceptors (Lipinski definition) is 10. The third-order valence-electron chi connectivity index (χ3n) is 9.54. The Morgan fingerprint density at radius 1 is 0.333 bits per heavy atom. The van der Waals surface area contributed by atoms with Crippen LogP contribution in [0.1, 0.15) is 132 Å². The van der Waals surface area contributed by atoms with Gasteiger partial charge in [0.15, 0.2) is 0 Å². The lowest BCUT2D eigenvalue weighted by Crippen LogP contribution is -2.11. The van der Waals surface area contributed by atoms with E-state index >= 15 is 0 Å². The van der Waals surface area contributed by atoms with Gasteiger partial charge in [-0.2, -0.15) is 0 Å². The van der Waals surface area contributed by atoms with E-state index in [9.17, 15) is 19.2 Å². The first-order chi connectivity index (χ1) is 29.3. The van der Waals surface area contributed by atoms with E-state index in [1.165, 1.54) is 106 Å². The summed E-state index contributed by atoms with van der Waals surface area (Å²) < 4.78 is 33.6. The summed E-state index contributed by atoms with van der Waals surface area (Å²) in [6.07, 6.45) is 14.2. The van der Waals surface area contributed by atoms with E-state index in [0.29, 0.717) is 35.8 Å². The van der Waals surface area contributed by atoms with Crippen molar-refractivity contribution in [2.75, 3.05) is 13.2 Å². The first kappa shape index (κ1) is 44.7. The Balaban J connectivity index is 1.03. The molecule has 10 nitrogen and oxygen atoms in total. The maximum atomic E-state index is 12.9. The van der Waals surface area contributed by atoms with E-state index in [1.54, 1.807) is 66.7 Å². The summed E-state index contributed by atoms with van der Waals surface area (Å²) in [5.74, 6) is -0.192. The molecular formula is C50H54O10. The minimum atomic E-state index is -0.661. The maximum absolute atomic E-state index is 12.9. The van der Waals surface area contributed by atoms with E-state index in [1.807, 2.05) is 0 Å². The molecule has 0 saturated carbocycles. The van der Waals surface area contributed by atoms with Crippen molar-refractivity contribution in [1.82, 2.24) is 0 Å². The highest BCUT2D eigenvalue weighted by Gasteiger charge is 2.15. The monoisotopic (exact) mass is 814 g/mol. The van der Waals surface area contributed by atoms with Crippen LogP contribution in [0.25, 0.3) is 0 Å². The molecule has 5 rings (SSSR count). The molecule has 5 aromatic rings. The number of carbonyl (C=O) groups excluding carboxylic acids is 4. The fraction of sp³-hybridized carbons (Fsp3) is 0.320. The molecule has 0 fully saturated rings. The largest absolute Gasteiger partial charge is 0.494 e. The number of ether oxygens (including phenoxy) is 6. The van der Waals surface area contributed by atoms with Crippen molar-refractivity contribution in [2.45, 2.75) is 90.9 Å². The third-order valence-corrected chi connectivity index (χ3v) is 9.54. The highest BCUT2D eigenvalue weighted by atomic mass is 16.6. The molecule has 0 unspecified atom stereocenters. The van der Waals surface area contributed by atoms with E-state index in [2.05, 4.69) is 13.8 Å². The summed E-state index contributed by atoms with van der Waals surface area (Å²) in [6, 6.07) is 31.6. The first-order valence-electron chi connectivity index (χ1n) is 21.0. The van der Waals surface area contributed by atoms with Crippen molar-refractivity contribution >= 4 is 23.9 Å². The second-order valence-electron chi connectivity index (χ2n) is 14.4. The number of esters is 4. The van der Waals surface area contributed by atoms with Crippen LogP contribution >= 0.6 is 0 Å². The number of benzene rings is 5. The molecule has 0 aliphatic carbocycles. The molecule has 0 aromatic heterocycles. The van der Waals surface area contributed by atoms with Crippen molar-refractivity contribution in [3.05, 3.63) is 144 Å². The molecule has 0 radical (unpaired) electrons. The Morgan fingerprint density at radius 2 is 0.617 bits per heavy atom. The van der Waals surface area contributed by atoms with Crippen LogP contribution in [0.15, 0.2) is 121 Å². The predicted octanol–water partition coefficient (Wildman–Crippen LogP) is 12.0. The van der Waals surface area contributed by atoms with Gasteiger partial charge in [0.25, 0.3) is 0 Å². The maximum Gasteiger partial charge on any atom is 0.343 e. The fourth-order valence-electron chi connectivity index (χ4n) is 6.10. The van der Waals surface area contributed by atoms with Crippen LogP contribution in [0.5, 0.6) is 34.5 Å². The molecule has 60 heavy (non-hydrogen) atoms. The van der Waals surface area contributed by atoms with E-state index < -0.39 is 23.9 Å². The summed E-state index contributed by atoms with van der Waals surface area (Å²) >= 11 is 0. The van der Waals surface area contributed by atoms with Crippen LogP contribution in [0.2, 0.25) is 0 Å². The lowest BCUT2D eigenvalue weighted by Gasteiger charge is -2.09. The molecular weight excluding hydrogens is 761 g/mol. The number of rotatable bonds is 24. The molecule has 314 valence electrons. The molecule has 0 N–H and O–H groups in total. The fourth-order valence-corrected chi connectivity index (χ4v) is 6.10. The Labute approximate surface area is 352 Å². The minimum absolute atomic E-state index is 0.153. The number of unbranched alkanes of at least 4 members (excludes halogenated alkanes) is 10. The average molecular weight is 815 g/mol. The topological polar surface area (TPSA) is 124 Å². The second kappa shape index (κ2) is 24.5. The Hall–Kier alpha value is -6.42. The SMILES string of the molecule is CCCCCCCCOc1ccc(C(=O)Oc2ccc(C(=O)Oc3cccc(OC(=O)c4ccc(OC(=O)c5ccc(OCCCCCCCC)cc5)cc4)c3)cc2)cc1. The van der Waals surface area contributed by atoms with Gasteiger partial charge in [-0.15, -0.1) is 0 Å². The Morgan fingerprint density at radius 3 is 0.950 bits per heavy atom. The summed E-state index contributed by atoms with van der Waals surface area (Å²) in [5, 5.41) is 0. The van der Waals surface area contributed by atoms with Crippen molar-refractivity contribution < 1.29 is 47.6 Å². The number of carbonyl (C=O) groups is 4. The molecule has 0 atom stereocenters. The first-order valence-corrected chi connectivity index (χ1v) is 21.0. The lowest BCUT2D eigenvalue weighted by molar-refractivity contribution is 0.0723. The molecule has 10 heteroatoms. The standard InChI is InChI=1S/C50H54O10/c1-3-5-7-9-11-13-34-55-41-26-18-37(19-27-41)47(51)57-43-30-22-39(23-31-43)49(53)59-45-16-15-17-46(36-45)60-50(54)40-24-32-44(33-25-40)58-48(52)38-20-28-42(29-21-38)56-35-14-12-10-8-6-4-2/h15-33,36H,3-14,34-35H2,1-2H3. The van der Waals surface area contributed by atoms with Gasteiger partial charge < -0.3 is 28.4 Å². The number of hydrogen-bond donors (Lipinski definition) is 0. The third kappa shape index (κ3) is 15.1. The van der Waals surface area contributed by atoms with Gasteiger partial charge in [0.2, 0.25) is 0 Å². The quantitative estimate of drug-likeness (QED) is 0.0338. The van der Waals surface area contributed by atoms with Gasteiger partial charge in [-0.25, -0.2) is 19.2 Å². The Kier molecular flexibility index (Phi) is 18.2. The van der Waals surface area contributed by atoms with Crippen LogP contribution in [0.4, 0.5) is 0 Å². The molecule has 0 amide bonds. The van der Waals surface area contributed by atoms with Gasteiger partial charge in [0.05, 0.1) is 35.5 Å². The van der Waals surface area contributed by atoms with Gasteiger partial charge in [-0.05, 0) is 122 Å². The average Bonchev–Trinajstić information content (AvgIpc) is 3.26. The minimum Gasteiger partial charge on any atom is -0.494 e. The smallest absolute Gasteiger partial charge is 0.343 e. The van der Waals surface area contributed by atoms with Gasteiger partial charge in [-0.3, -0.25) is 0 Å². The predicted molar refractivity (Wildman–Crippen MR) is 230 cm³/mol. The van der Waals surface area contributed by atoms with Gasteiger partial charge in [-0.1, -0.05) is 84.1 Å². The summed E-state index contributed by atoms with van der Waals surface area (Å²) in [4.78, 5) is 51.3. The molecule has 0 spiro atoms. The molecule has 0 saturated heterocycles. The molecule has 0 bridgehead atoms. The molecule has 0 heterocycles. The zero-order valence-corrected chi connectivity index (χ0v) is 34.5. The molecule has 5 aromatic carbocycles. The zero-order chi connectivity index (χ0) is 42.4. The van der Waals surface area contributed by atoms with E-state index in [-0.39, 0.29) is 34.1 Å². The van der Waals surface area contributed by atoms with Crippen molar-refractivity contribution in [2.24, 2.45) is 0 Å². The second-order valence-corrected chi connectivity index (χ2v) is 14.4. The van der Waals surface area contributed by atoms with Crippen LogP contribution in [0.3, 0.4) is 0 Å². The normalized spacial score (nSPS) is 10.7. The lowest BCUT2D eigenvalue weighted by atomic mass is 10.1. The van der Waals surface area contributed by atoms with E-state index in [0.717, 1.165) is 25.7 Å². The van der Waals surface area contributed by atoms with Crippen LogP contribution in [-0.2, 0) is 0 Å². The zero-order valence-electron chi connectivity index (χ0n) is 34.5. The van der Waals surface area contributed by atoms with Crippen LogP contribution in [-0.4, -0.2) is 37.1 Å². The highest BCUT2D eigenvalue weighted by molar-refractivity contribution is 5.94. The molecule has 0 aliphatic heterocycles. The van der Waals surface area contributed by atoms with Crippen molar-refractivity contribution in [3.8, 4) is 34.5 Å². The summed E-state index contributed by atoms with van der Waals surface area (Å²) in [5.41, 5.74) is 1.17. The van der Waals surface area contributed by atoms with Crippen molar-refractivity contribution in [3.63, 3.8) is 0 Å². The van der Waals surface area contributed by atoms with Crippen molar-refractivity contribution in [1.29, 1.82) is 0 Å². The van der Waals surface area contributed by atoms with Gasteiger partial charge >= 0.3 is 23.9 Å². The van der Waals surface area contributed by atoms with Crippen LogP contribution < -0.4 is 28.4 Å². The molecule has 0 aliphatic rings. The summed E-state index contributed by atoms with van der Waals surface area (Å²) in [6.45, 7) is 5.67. The van der Waals surface area contributed by atoms with Gasteiger partial charge in [0.1, 0.15) is 34.5 Å². The Bertz CT molecular complexity index is 1940. The highest BCUT2D eigenvalue weighted by Crippen LogP contribution is 2.24. The van der Waals surface area contributed by atoms with E-state index in [4.69, 9.17) is 28.4 Å². The van der Waals surface area contributed by atoms with Crippen LogP contribution in [0, 0.1) is 0 Å².